The number of hydrogen-bond acceptors (Lipinski definition) is 0. The van der Waals surface area contributed by atoms with Crippen molar-refractivity contribution in [2.45, 2.75) is 26.2 Å². The average Bonchev–Trinajstić information content (AvgIpc) is 2.19. The van der Waals surface area contributed by atoms with Crippen molar-refractivity contribution in [2.75, 3.05) is 6.61 Å². The zero-order valence-corrected chi connectivity index (χ0v) is 8.20. The Hall–Kier alpha value is -0.820. The lowest BCUT2D eigenvalue weighted by molar-refractivity contribution is 0.146. The van der Waals surface area contributed by atoms with E-state index in [1.165, 1.54) is 5.56 Å². The summed E-state index contributed by atoms with van der Waals surface area (Å²) < 4.78 is 0. The number of benzene rings is 1. The molecule has 0 heterocycles. The van der Waals surface area contributed by atoms with Crippen LogP contribution < -0.4 is 0 Å². The fourth-order valence-corrected chi connectivity index (χ4v) is 1.38. The molecular formula is C12H17O. The highest BCUT2D eigenvalue weighted by Crippen LogP contribution is 2.09. The van der Waals surface area contributed by atoms with Crippen LogP contribution in [0.5, 0.6) is 0 Å². The Morgan fingerprint density at radius 1 is 1.23 bits per heavy atom. The van der Waals surface area contributed by atoms with Crippen LogP contribution in [0.25, 0.3) is 0 Å². The molecule has 0 aliphatic carbocycles. The molecule has 1 nitrogen and oxygen atoms in total. The zero-order valence-electron chi connectivity index (χ0n) is 8.20. The summed E-state index contributed by atoms with van der Waals surface area (Å²) in [6.07, 6.45) is 3.29. The van der Waals surface area contributed by atoms with Gasteiger partial charge in [0.2, 0.25) is 0 Å². The highest BCUT2D eigenvalue weighted by Gasteiger charge is 2.00. The highest BCUT2D eigenvalue weighted by atomic mass is 16.3. The van der Waals surface area contributed by atoms with Crippen molar-refractivity contribution in [3.63, 3.8) is 0 Å². The first-order valence-corrected chi connectivity index (χ1v) is 4.95. The molecule has 0 bridgehead atoms. The Kier molecular flexibility index (Phi) is 4.55. The lowest BCUT2D eigenvalue weighted by Crippen LogP contribution is -1.99. The van der Waals surface area contributed by atoms with Crippen LogP contribution in [0.4, 0.5) is 0 Å². The molecule has 1 rings (SSSR count). The monoisotopic (exact) mass is 177 g/mol. The molecule has 13 heavy (non-hydrogen) atoms. The maximum Gasteiger partial charge on any atom is 0.0847 e. The Morgan fingerprint density at radius 3 is 2.54 bits per heavy atom. The molecule has 1 aromatic carbocycles. The van der Waals surface area contributed by atoms with Crippen LogP contribution >= 0.6 is 0 Å². The minimum Gasteiger partial charge on any atom is -0.236 e. The van der Waals surface area contributed by atoms with Gasteiger partial charge in [0.25, 0.3) is 0 Å². The van der Waals surface area contributed by atoms with Gasteiger partial charge in [-0.05, 0) is 30.7 Å². The van der Waals surface area contributed by atoms with Gasteiger partial charge in [-0.3, -0.25) is 0 Å². The molecular weight excluding hydrogens is 160 g/mol. The van der Waals surface area contributed by atoms with E-state index >= 15 is 0 Å². The molecule has 0 aliphatic rings. The first-order chi connectivity index (χ1) is 6.33. The topological polar surface area (TPSA) is 19.9 Å². The van der Waals surface area contributed by atoms with Gasteiger partial charge in [0.15, 0.2) is 0 Å². The molecule has 0 fully saturated rings. The predicted molar refractivity (Wildman–Crippen MR) is 54.1 cm³/mol. The minimum atomic E-state index is 0.0643. The molecule has 0 spiro atoms. The van der Waals surface area contributed by atoms with Gasteiger partial charge >= 0.3 is 0 Å². The zero-order chi connectivity index (χ0) is 9.52. The molecule has 0 aromatic heterocycles. The van der Waals surface area contributed by atoms with E-state index in [1.807, 2.05) is 13.0 Å². The van der Waals surface area contributed by atoms with E-state index in [1.54, 1.807) is 0 Å². The molecule has 0 amide bonds. The Labute approximate surface area is 80.4 Å². The van der Waals surface area contributed by atoms with Gasteiger partial charge in [-0.2, -0.15) is 0 Å². The summed E-state index contributed by atoms with van der Waals surface area (Å²) in [5, 5.41) is 10.5. The third-order valence-electron chi connectivity index (χ3n) is 2.29. The lowest BCUT2D eigenvalue weighted by atomic mass is 10.0. The van der Waals surface area contributed by atoms with Crippen molar-refractivity contribution in [1.29, 1.82) is 0 Å². The molecule has 0 saturated carbocycles. The fourth-order valence-electron chi connectivity index (χ4n) is 1.38. The van der Waals surface area contributed by atoms with Crippen molar-refractivity contribution in [3.05, 3.63) is 35.9 Å². The van der Waals surface area contributed by atoms with Gasteiger partial charge in [-0.1, -0.05) is 37.3 Å². The smallest absolute Gasteiger partial charge is 0.0847 e. The summed E-state index contributed by atoms with van der Waals surface area (Å²) in [4.78, 5) is 0. The van der Waals surface area contributed by atoms with E-state index in [-0.39, 0.29) is 6.61 Å². The standard InChI is InChI=1S/C12H17O/c1-11(10-13)6-5-9-12-7-3-2-4-8-12/h2-4,7-8,11H,5-6,9-10H2,1H3. The summed E-state index contributed by atoms with van der Waals surface area (Å²) in [5.41, 5.74) is 1.38. The summed E-state index contributed by atoms with van der Waals surface area (Å²) in [5.74, 6) is 0.337. The van der Waals surface area contributed by atoms with Gasteiger partial charge in [0, 0.05) is 0 Å². The van der Waals surface area contributed by atoms with E-state index in [0.29, 0.717) is 5.92 Å². The van der Waals surface area contributed by atoms with Crippen molar-refractivity contribution in [3.8, 4) is 0 Å². The Bertz CT molecular complexity index is 218. The molecule has 1 radical (unpaired) electrons. The fraction of sp³-hybridized carbons (Fsp3) is 0.500. The van der Waals surface area contributed by atoms with E-state index < -0.39 is 0 Å². The van der Waals surface area contributed by atoms with Gasteiger partial charge in [-0.15, -0.1) is 0 Å². The highest BCUT2D eigenvalue weighted by molar-refractivity contribution is 5.14. The normalized spacial score (nSPS) is 12.8. The van der Waals surface area contributed by atoms with Crippen molar-refractivity contribution < 1.29 is 5.11 Å². The summed E-state index contributed by atoms with van der Waals surface area (Å²) >= 11 is 0. The number of rotatable bonds is 5. The Morgan fingerprint density at radius 2 is 1.92 bits per heavy atom. The predicted octanol–water partition coefficient (Wildman–Crippen LogP) is 3.08. The van der Waals surface area contributed by atoms with E-state index in [4.69, 9.17) is 0 Å². The third kappa shape index (κ3) is 4.09. The van der Waals surface area contributed by atoms with Crippen LogP contribution in [0.1, 0.15) is 25.3 Å². The second kappa shape index (κ2) is 5.76. The SMILES string of the molecule is CC(C[O])CCCc1ccccc1. The second-order valence-corrected chi connectivity index (χ2v) is 3.65. The van der Waals surface area contributed by atoms with Crippen molar-refractivity contribution in [2.24, 2.45) is 5.92 Å². The first-order valence-electron chi connectivity index (χ1n) is 4.95. The van der Waals surface area contributed by atoms with Gasteiger partial charge in [0.05, 0.1) is 6.61 Å². The van der Waals surface area contributed by atoms with E-state index in [9.17, 15) is 5.11 Å². The van der Waals surface area contributed by atoms with E-state index in [2.05, 4.69) is 24.3 Å². The van der Waals surface area contributed by atoms with Crippen molar-refractivity contribution >= 4 is 0 Å². The van der Waals surface area contributed by atoms with Crippen LogP contribution in [-0.4, -0.2) is 6.61 Å². The van der Waals surface area contributed by atoms with Gasteiger partial charge in [-0.25, -0.2) is 5.11 Å². The molecule has 1 aromatic rings. The molecule has 1 unspecified atom stereocenters. The van der Waals surface area contributed by atoms with Crippen LogP contribution in [-0.2, 0) is 11.5 Å². The van der Waals surface area contributed by atoms with Crippen LogP contribution in [0.2, 0.25) is 0 Å². The molecule has 1 atom stereocenters. The van der Waals surface area contributed by atoms with Crippen molar-refractivity contribution in [1.82, 2.24) is 0 Å². The minimum absolute atomic E-state index is 0.0643. The van der Waals surface area contributed by atoms with Crippen LogP contribution in [0.15, 0.2) is 30.3 Å². The number of aryl methyl sites for hydroxylation is 1. The third-order valence-corrected chi connectivity index (χ3v) is 2.29. The molecule has 0 aliphatic heterocycles. The quantitative estimate of drug-likeness (QED) is 0.658. The molecule has 1 heteroatoms. The summed E-state index contributed by atoms with van der Waals surface area (Å²) in [6, 6.07) is 10.4. The average molecular weight is 177 g/mol. The van der Waals surface area contributed by atoms with Gasteiger partial charge < -0.3 is 0 Å². The summed E-state index contributed by atoms with van der Waals surface area (Å²) in [6.45, 7) is 2.09. The lowest BCUT2D eigenvalue weighted by Gasteiger charge is -2.05. The second-order valence-electron chi connectivity index (χ2n) is 3.65. The van der Waals surface area contributed by atoms with E-state index in [0.717, 1.165) is 19.3 Å². The maximum atomic E-state index is 10.5. The molecule has 0 saturated heterocycles. The molecule has 71 valence electrons. The number of hydrogen-bond donors (Lipinski definition) is 0. The largest absolute Gasteiger partial charge is 0.236 e. The van der Waals surface area contributed by atoms with Crippen LogP contribution in [0, 0.1) is 5.92 Å². The molecule has 0 N–H and O–H groups in total. The van der Waals surface area contributed by atoms with Gasteiger partial charge in [0.1, 0.15) is 0 Å². The Balaban J connectivity index is 2.20. The maximum absolute atomic E-state index is 10.5. The summed E-state index contributed by atoms with van der Waals surface area (Å²) in [7, 11) is 0. The van der Waals surface area contributed by atoms with Crippen LogP contribution in [0.3, 0.4) is 0 Å². The first kappa shape index (κ1) is 10.3.